The largest absolute Gasteiger partial charge is 0.507 e. The first-order valence-corrected chi connectivity index (χ1v) is 13.6. The topological polar surface area (TPSA) is 136 Å². The number of hydrogen-bond donors (Lipinski definition) is 6. The van der Waals surface area contributed by atoms with Gasteiger partial charge in [-0.25, -0.2) is 0 Å². The molecule has 1 aliphatic carbocycles. The third-order valence-corrected chi connectivity index (χ3v) is 8.83. The summed E-state index contributed by atoms with van der Waals surface area (Å²) < 4.78 is 0. The van der Waals surface area contributed by atoms with E-state index in [4.69, 9.17) is 11.5 Å². The van der Waals surface area contributed by atoms with Crippen molar-refractivity contribution in [2.75, 3.05) is 30.5 Å². The zero-order valence-corrected chi connectivity index (χ0v) is 22.7. The number of phenolic OH excluding ortho intramolecular Hbond substituents is 2. The molecule has 1 aliphatic rings. The lowest BCUT2D eigenvalue weighted by atomic mass is 9.60. The molecule has 7 rings (SSSR count). The van der Waals surface area contributed by atoms with Gasteiger partial charge in [-0.2, -0.15) is 0 Å². The number of hydrogen-bond acceptors (Lipinski definition) is 7. The molecule has 7 heteroatoms. The fraction of sp³-hybridized carbons (Fsp3) is 0.176. The zero-order chi connectivity index (χ0) is 28.7. The first-order valence-electron chi connectivity index (χ1n) is 13.6. The highest BCUT2D eigenvalue weighted by atomic mass is 16.3. The van der Waals surface area contributed by atoms with Gasteiger partial charge in [0.25, 0.3) is 0 Å². The normalized spacial score (nSPS) is 20.6. The second-order valence-electron chi connectivity index (χ2n) is 11.3. The Morgan fingerprint density at radius 3 is 1.44 bits per heavy atom. The Morgan fingerprint density at radius 2 is 1.00 bits per heavy atom. The van der Waals surface area contributed by atoms with Crippen molar-refractivity contribution in [2.45, 2.75) is 24.0 Å². The number of aromatic hydroxyl groups is 2. The van der Waals surface area contributed by atoms with Crippen molar-refractivity contribution < 1.29 is 20.4 Å². The van der Waals surface area contributed by atoms with Gasteiger partial charge >= 0.3 is 0 Å². The highest BCUT2D eigenvalue weighted by molar-refractivity contribution is 6.20. The van der Waals surface area contributed by atoms with Crippen LogP contribution in [0, 0.1) is 0 Å². The average Bonchev–Trinajstić information content (AvgIpc) is 2.93. The van der Waals surface area contributed by atoms with Crippen LogP contribution in [0.2, 0.25) is 0 Å². The Bertz CT molecular complexity index is 1900. The molecular weight excluding hydrogens is 514 g/mol. The maximum Gasteiger partial charge on any atom is 0.123 e. The summed E-state index contributed by atoms with van der Waals surface area (Å²) in [5, 5.41) is 51.8. The molecule has 0 aromatic heterocycles. The van der Waals surface area contributed by atoms with Gasteiger partial charge in [0.05, 0.1) is 17.9 Å². The Hall–Kier alpha value is -4.72. The molecule has 0 amide bonds. The summed E-state index contributed by atoms with van der Waals surface area (Å²) in [7, 11) is 3.93. The Labute approximate surface area is 236 Å². The smallest absolute Gasteiger partial charge is 0.123 e. The predicted octanol–water partition coefficient (Wildman–Crippen LogP) is 5.54. The molecule has 1 saturated carbocycles. The number of aliphatic hydroxyl groups excluding tert-OH is 2. The number of aliphatic hydroxyl groups is 2. The number of anilines is 3. The Balaban J connectivity index is 1.53. The highest BCUT2D eigenvalue weighted by Gasteiger charge is 2.53. The molecule has 41 heavy (non-hydrogen) atoms. The molecule has 7 nitrogen and oxygen atoms in total. The number of benzene rings is 6. The van der Waals surface area contributed by atoms with E-state index in [0.717, 1.165) is 38.0 Å². The van der Waals surface area contributed by atoms with Crippen LogP contribution in [0.25, 0.3) is 43.1 Å². The second-order valence-corrected chi connectivity index (χ2v) is 11.3. The maximum atomic E-state index is 12.0. The second kappa shape index (κ2) is 8.89. The first-order chi connectivity index (χ1) is 19.7. The molecular formula is C34H31N3O4. The van der Waals surface area contributed by atoms with Crippen LogP contribution in [-0.2, 0) is 0 Å². The fourth-order valence-corrected chi connectivity index (χ4v) is 7.18. The van der Waals surface area contributed by atoms with E-state index in [9.17, 15) is 20.4 Å². The molecule has 6 aromatic carbocycles. The van der Waals surface area contributed by atoms with Gasteiger partial charge in [0.15, 0.2) is 0 Å². The summed E-state index contributed by atoms with van der Waals surface area (Å²) in [6.07, 6.45) is -2.12. The van der Waals surface area contributed by atoms with E-state index in [2.05, 4.69) is 0 Å². The molecule has 0 spiro atoms. The van der Waals surface area contributed by atoms with Crippen LogP contribution in [0.3, 0.4) is 0 Å². The van der Waals surface area contributed by atoms with E-state index in [0.29, 0.717) is 33.3 Å². The van der Waals surface area contributed by atoms with Crippen LogP contribution in [0.1, 0.15) is 23.0 Å². The third-order valence-electron chi connectivity index (χ3n) is 8.83. The number of nitrogen functional groups attached to an aromatic ring is 2. The van der Waals surface area contributed by atoms with Gasteiger partial charge in [-0.05, 0) is 52.2 Å². The molecule has 6 aromatic rings. The number of rotatable bonds is 3. The number of nitrogens with zero attached hydrogens (tertiary/aromatic N) is 1. The van der Waals surface area contributed by atoms with Crippen molar-refractivity contribution in [2.24, 2.45) is 0 Å². The van der Waals surface area contributed by atoms with Crippen molar-refractivity contribution in [1.29, 1.82) is 0 Å². The lowest BCUT2D eigenvalue weighted by molar-refractivity contribution is -0.0765. The predicted molar refractivity (Wildman–Crippen MR) is 167 cm³/mol. The van der Waals surface area contributed by atoms with E-state index in [1.807, 2.05) is 73.6 Å². The van der Waals surface area contributed by atoms with Gasteiger partial charge in [-0.15, -0.1) is 0 Å². The Kier molecular flexibility index (Phi) is 5.48. The number of nitrogens with two attached hydrogens (primary N) is 2. The molecule has 0 radical (unpaired) electrons. The van der Waals surface area contributed by atoms with Crippen molar-refractivity contribution >= 4 is 60.2 Å². The molecule has 1 fully saturated rings. The number of phenols is 2. The van der Waals surface area contributed by atoms with Gasteiger partial charge in [0.1, 0.15) is 11.5 Å². The van der Waals surface area contributed by atoms with E-state index >= 15 is 0 Å². The van der Waals surface area contributed by atoms with Gasteiger partial charge in [-0.3, -0.25) is 0 Å². The van der Waals surface area contributed by atoms with E-state index < -0.39 is 24.0 Å². The highest BCUT2D eigenvalue weighted by Crippen LogP contribution is 2.57. The van der Waals surface area contributed by atoms with Crippen LogP contribution in [-0.4, -0.2) is 46.7 Å². The maximum absolute atomic E-state index is 12.0. The molecule has 0 saturated heterocycles. The van der Waals surface area contributed by atoms with Crippen LogP contribution < -0.4 is 16.4 Å². The average molecular weight is 546 g/mol. The minimum absolute atomic E-state index is 0.0187. The number of fused-ring (bicyclic) bond motifs is 4. The minimum Gasteiger partial charge on any atom is -0.507 e. The fourth-order valence-electron chi connectivity index (χ4n) is 7.18. The standard InChI is InChI=1S/C34H31N3O4/c1-37(2)32-18-9-5-11-20(35)26(18)29(27-19(32)10-6-12-21(27)36)31-33(40)30(34(31)41)28-24-16(7-3-13-22(24)38)15-17-8-4-14-23(39)25(17)28/h3-15,30-31,33-34,38-41H,35-36H2,1-2H3. The molecule has 2 unspecified atom stereocenters. The third kappa shape index (κ3) is 3.40. The van der Waals surface area contributed by atoms with Crippen molar-refractivity contribution in [3.8, 4) is 11.5 Å². The van der Waals surface area contributed by atoms with Crippen molar-refractivity contribution in [3.63, 3.8) is 0 Å². The summed E-state index contributed by atoms with van der Waals surface area (Å²) in [6, 6.07) is 23.7. The Morgan fingerprint density at radius 1 is 0.585 bits per heavy atom. The summed E-state index contributed by atoms with van der Waals surface area (Å²) in [5.41, 5.74) is 16.5. The monoisotopic (exact) mass is 545 g/mol. The van der Waals surface area contributed by atoms with E-state index in [1.54, 1.807) is 24.3 Å². The summed E-state index contributed by atoms with van der Waals surface area (Å²) >= 11 is 0. The summed E-state index contributed by atoms with van der Waals surface area (Å²) in [6.45, 7) is 0. The molecule has 8 N–H and O–H groups in total. The van der Waals surface area contributed by atoms with Gasteiger partial charge in [0, 0.05) is 69.6 Å². The van der Waals surface area contributed by atoms with Gasteiger partial charge in [-0.1, -0.05) is 48.5 Å². The van der Waals surface area contributed by atoms with Crippen LogP contribution >= 0.6 is 0 Å². The quantitative estimate of drug-likeness (QED) is 0.127. The lowest BCUT2D eigenvalue weighted by Gasteiger charge is -2.48. The van der Waals surface area contributed by atoms with Crippen LogP contribution in [0.4, 0.5) is 17.1 Å². The lowest BCUT2D eigenvalue weighted by Crippen LogP contribution is -2.52. The molecule has 0 heterocycles. The van der Waals surface area contributed by atoms with Gasteiger partial charge < -0.3 is 36.8 Å². The summed E-state index contributed by atoms with van der Waals surface area (Å²) in [4.78, 5) is 2.03. The first kappa shape index (κ1) is 25.3. The van der Waals surface area contributed by atoms with E-state index in [-0.39, 0.29) is 11.5 Å². The van der Waals surface area contributed by atoms with Crippen LogP contribution in [0.15, 0.2) is 78.9 Å². The van der Waals surface area contributed by atoms with Crippen molar-refractivity contribution in [3.05, 3.63) is 90.0 Å². The minimum atomic E-state index is -1.06. The molecule has 206 valence electrons. The zero-order valence-electron chi connectivity index (χ0n) is 22.7. The van der Waals surface area contributed by atoms with E-state index in [1.165, 1.54) is 0 Å². The van der Waals surface area contributed by atoms with Gasteiger partial charge in [0.2, 0.25) is 0 Å². The van der Waals surface area contributed by atoms with Crippen molar-refractivity contribution in [1.82, 2.24) is 0 Å². The molecule has 0 bridgehead atoms. The van der Waals surface area contributed by atoms with Crippen LogP contribution in [0.5, 0.6) is 11.5 Å². The molecule has 0 aliphatic heterocycles. The molecule has 2 atom stereocenters. The summed E-state index contributed by atoms with van der Waals surface area (Å²) in [5.74, 6) is -1.48. The SMILES string of the molecule is CN(C)c1c2cccc(N)c2c(C2C(O)C(c3c4c(O)cccc4cc4cccc(O)c34)C2O)c2c(N)cccc12.